The molecule has 13 heteroatoms. The van der Waals surface area contributed by atoms with Crippen LogP contribution in [-0.4, -0.2) is 84.7 Å². The van der Waals surface area contributed by atoms with Crippen molar-refractivity contribution in [1.29, 1.82) is 0 Å². The molecule has 6 rings (SSSR count). The first-order valence-corrected chi connectivity index (χ1v) is 20.5. The van der Waals surface area contributed by atoms with Crippen LogP contribution in [0.4, 0.5) is 4.79 Å². The van der Waals surface area contributed by atoms with Gasteiger partial charge in [0.05, 0.1) is 38.1 Å². The van der Waals surface area contributed by atoms with Gasteiger partial charge >= 0.3 is 6.09 Å². The Bertz CT molecular complexity index is 1930. The smallest absolute Gasteiger partial charge is 0.412 e. The number of nitrogens with zero attached hydrogens (tertiary/aromatic N) is 1. The summed E-state index contributed by atoms with van der Waals surface area (Å²) in [5.41, 5.74) is 3.63. The van der Waals surface area contributed by atoms with E-state index in [0.717, 1.165) is 22.3 Å². The molecule has 13 nitrogen and oxygen atoms in total. The molecule has 0 aliphatic carbocycles. The van der Waals surface area contributed by atoms with Gasteiger partial charge in [-0.3, -0.25) is 14.5 Å². The lowest BCUT2D eigenvalue weighted by Crippen LogP contribution is -2.68. The highest BCUT2D eigenvalue weighted by atomic mass is 16.7. The van der Waals surface area contributed by atoms with E-state index in [0.29, 0.717) is 6.61 Å². The summed E-state index contributed by atoms with van der Waals surface area (Å²) in [5.74, 6) is -0.955. The van der Waals surface area contributed by atoms with Crippen molar-refractivity contribution in [3.05, 3.63) is 144 Å². The molecule has 0 aromatic heterocycles. The van der Waals surface area contributed by atoms with Gasteiger partial charge in [-0.25, -0.2) is 4.79 Å². The highest BCUT2D eigenvalue weighted by molar-refractivity contribution is 5.73. The molecule has 2 saturated heterocycles. The number of carbonyl (C=O) groups excluding carboxylic acids is 3. The number of amides is 3. The molecule has 2 aliphatic rings. The summed E-state index contributed by atoms with van der Waals surface area (Å²) in [6, 6.07) is 36.8. The monoisotopic (exact) mass is 823 g/mol. The lowest BCUT2D eigenvalue weighted by Gasteiger charge is -2.50. The van der Waals surface area contributed by atoms with Crippen molar-refractivity contribution in [3.8, 4) is 0 Å². The Morgan fingerprint density at radius 1 is 0.550 bits per heavy atom. The predicted octanol–water partition coefficient (Wildman–Crippen LogP) is 6.49. The van der Waals surface area contributed by atoms with Crippen LogP contribution in [0.15, 0.2) is 121 Å². The Kier molecular flexibility index (Phi) is 16.2. The number of carbonyl (C=O) groups is 3. The summed E-state index contributed by atoms with van der Waals surface area (Å²) < 4.78 is 45.2. The fourth-order valence-electron chi connectivity index (χ4n) is 7.46. The van der Waals surface area contributed by atoms with Crippen molar-refractivity contribution >= 4 is 17.9 Å². The molecule has 2 aliphatic heterocycles. The van der Waals surface area contributed by atoms with Crippen molar-refractivity contribution in [2.75, 3.05) is 6.73 Å². The van der Waals surface area contributed by atoms with Crippen LogP contribution in [-0.2, 0) is 69.1 Å². The largest absolute Gasteiger partial charge is 0.444 e. The van der Waals surface area contributed by atoms with Gasteiger partial charge in [0.15, 0.2) is 12.6 Å². The zero-order valence-electron chi connectivity index (χ0n) is 34.9. The van der Waals surface area contributed by atoms with E-state index in [9.17, 15) is 14.4 Å². The second kappa shape index (κ2) is 21.9. The minimum absolute atomic E-state index is 0.0767. The molecule has 2 heterocycles. The van der Waals surface area contributed by atoms with Gasteiger partial charge in [0, 0.05) is 19.8 Å². The lowest BCUT2D eigenvalue weighted by atomic mass is 9.89. The van der Waals surface area contributed by atoms with Crippen molar-refractivity contribution in [3.63, 3.8) is 0 Å². The van der Waals surface area contributed by atoms with Crippen LogP contribution in [0.5, 0.6) is 0 Å². The minimum Gasteiger partial charge on any atom is -0.444 e. The lowest BCUT2D eigenvalue weighted by molar-refractivity contribution is -0.322. The molecule has 10 atom stereocenters. The highest BCUT2D eigenvalue weighted by Gasteiger charge is 2.51. The molecule has 4 unspecified atom stereocenters. The minimum atomic E-state index is -1.06. The zero-order valence-corrected chi connectivity index (χ0v) is 34.9. The average molecular weight is 824 g/mol. The molecular weight excluding hydrogens is 767 g/mol. The van der Waals surface area contributed by atoms with E-state index in [1.807, 2.05) is 142 Å². The van der Waals surface area contributed by atoms with Crippen LogP contribution >= 0.6 is 0 Å². The number of nitrogens with one attached hydrogen (secondary N) is 2. The molecule has 60 heavy (non-hydrogen) atoms. The first-order valence-electron chi connectivity index (χ1n) is 20.5. The maximum Gasteiger partial charge on any atom is 0.412 e. The Labute approximate surface area is 352 Å². The van der Waals surface area contributed by atoms with Gasteiger partial charge in [-0.1, -0.05) is 128 Å². The van der Waals surface area contributed by atoms with E-state index < -0.39 is 61.3 Å². The van der Waals surface area contributed by atoms with Crippen molar-refractivity contribution in [2.24, 2.45) is 5.92 Å². The van der Waals surface area contributed by atoms with Crippen LogP contribution in [0.3, 0.4) is 0 Å². The number of benzene rings is 4. The number of hydrogen-bond acceptors (Lipinski definition) is 10. The normalized spacial score (nSPS) is 26.4. The van der Waals surface area contributed by atoms with Crippen molar-refractivity contribution in [2.45, 2.75) is 116 Å². The predicted molar refractivity (Wildman–Crippen MR) is 223 cm³/mol. The molecule has 0 bridgehead atoms. The molecule has 4 aromatic rings. The van der Waals surface area contributed by atoms with Crippen LogP contribution in [0, 0.1) is 5.92 Å². The third-order valence-corrected chi connectivity index (χ3v) is 10.7. The third kappa shape index (κ3) is 12.4. The van der Waals surface area contributed by atoms with E-state index in [1.54, 1.807) is 0 Å². The van der Waals surface area contributed by atoms with Crippen molar-refractivity contribution < 1.29 is 47.5 Å². The van der Waals surface area contributed by atoms with E-state index in [2.05, 4.69) is 10.6 Å². The first kappa shape index (κ1) is 44.4. The molecule has 0 saturated carbocycles. The Hall–Kier alpha value is -5.15. The van der Waals surface area contributed by atoms with Crippen molar-refractivity contribution in [1.82, 2.24) is 15.5 Å². The summed E-state index contributed by atoms with van der Waals surface area (Å²) in [4.78, 5) is 40.8. The topological polar surface area (TPSA) is 143 Å². The van der Waals surface area contributed by atoms with Gasteiger partial charge < -0.3 is 43.8 Å². The molecular formula is C47H57N3O10. The first-order chi connectivity index (χ1) is 29.0. The van der Waals surface area contributed by atoms with E-state index in [4.69, 9.17) is 33.2 Å². The molecule has 2 N–H and O–H groups in total. The van der Waals surface area contributed by atoms with Crippen LogP contribution in [0.2, 0.25) is 0 Å². The molecule has 320 valence electrons. The Morgan fingerprint density at radius 2 is 1.00 bits per heavy atom. The maximum absolute atomic E-state index is 13.6. The van der Waals surface area contributed by atoms with Gasteiger partial charge in [0.2, 0.25) is 11.8 Å². The summed E-state index contributed by atoms with van der Waals surface area (Å²) >= 11 is 0. The molecule has 0 radical (unpaired) electrons. The van der Waals surface area contributed by atoms with Crippen LogP contribution in [0.1, 0.15) is 56.9 Å². The van der Waals surface area contributed by atoms with Gasteiger partial charge in [-0.2, -0.15) is 0 Å². The summed E-state index contributed by atoms with van der Waals surface area (Å²) in [7, 11) is 0. The number of ether oxygens (including phenoxy) is 7. The SMILES string of the molecule is CC(=O)NC1[C@H](O[C@@H]2C(NC(C)=O)[C@H](OCN(Cc3ccccc3)C(=O)OCc3ccccc3)OC(C)[C@@H]2C)OC(C)[C@@H](OCc2ccccc2)[C@@H]1OCc1ccccc1. The molecule has 4 aromatic carbocycles. The fraction of sp³-hybridized carbons (Fsp3) is 0.426. The number of hydrogen-bond donors (Lipinski definition) is 2. The molecule has 3 amide bonds. The quantitative estimate of drug-likeness (QED) is 0.114. The van der Waals surface area contributed by atoms with E-state index >= 15 is 0 Å². The van der Waals surface area contributed by atoms with E-state index in [-0.39, 0.29) is 44.2 Å². The summed E-state index contributed by atoms with van der Waals surface area (Å²) in [6.45, 7) is 9.16. The number of rotatable bonds is 17. The standard InChI is InChI=1S/C47H57N3O10/c1-31-32(2)58-45(57-30-50(26-36-18-10-6-11-19-36)47(53)56-29-39-24-16-9-17-25-39)40(48-34(4)51)42(31)60-46-41(49-35(5)52)44(55-28-38-22-14-8-15-23-38)43(33(3)59-46)54-27-37-20-12-7-13-21-37/h6-25,31-33,40-46H,26-30H2,1-5H3,(H,48,51)(H,49,52)/t31-,32?,33?,40?,41?,42-,43+,44+,45+,46-/m0/s1. The maximum atomic E-state index is 13.6. The second-order valence-corrected chi connectivity index (χ2v) is 15.4. The fourth-order valence-corrected chi connectivity index (χ4v) is 7.46. The Morgan fingerprint density at radius 3 is 1.52 bits per heavy atom. The summed E-state index contributed by atoms with van der Waals surface area (Å²) in [5, 5.41) is 6.04. The van der Waals surface area contributed by atoms with Gasteiger partial charge in [0.25, 0.3) is 0 Å². The third-order valence-electron chi connectivity index (χ3n) is 10.7. The molecule has 2 fully saturated rings. The highest BCUT2D eigenvalue weighted by Crippen LogP contribution is 2.35. The van der Waals surface area contributed by atoms with Gasteiger partial charge in [0.1, 0.15) is 37.6 Å². The molecule has 0 spiro atoms. The summed E-state index contributed by atoms with van der Waals surface area (Å²) in [6.07, 6.45) is -5.72. The Balaban J connectivity index is 1.24. The second-order valence-electron chi connectivity index (χ2n) is 15.4. The van der Waals surface area contributed by atoms with Gasteiger partial charge in [-0.05, 0) is 36.1 Å². The van der Waals surface area contributed by atoms with Crippen LogP contribution < -0.4 is 10.6 Å². The van der Waals surface area contributed by atoms with E-state index in [1.165, 1.54) is 18.7 Å². The average Bonchev–Trinajstić information content (AvgIpc) is 3.25. The van der Waals surface area contributed by atoms with Gasteiger partial charge in [-0.15, -0.1) is 0 Å². The zero-order chi connectivity index (χ0) is 42.4. The van der Waals surface area contributed by atoms with Crippen LogP contribution in [0.25, 0.3) is 0 Å².